The highest BCUT2D eigenvalue weighted by atomic mass is 32.2. The molecule has 2 heterocycles. The Kier molecular flexibility index (Phi) is 7.15. The Morgan fingerprint density at radius 3 is 2.53 bits per heavy atom. The van der Waals surface area contributed by atoms with Crippen LogP contribution in [0, 0.1) is 13.8 Å². The smallest absolute Gasteiger partial charge is 0.250 e. The first-order valence-electron chi connectivity index (χ1n) is 9.89. The zero-order valence-electron chi connectivity index (χ0n) is 17.5. The van der Waals surface area contributed by atoms with Gasteiger partial charge in [-0.25, -0.2) is 0 Å². The molecule has 1 atom stereocenters. The molecule has 3 amide bonds. The van der Waals surface area contributed by atoms with Crippen LogP contribution in [0.2, 0.25) is 0 Å². The lowest BCUT2D eigenvalue weighted by Gasteiger charge is -2.32. The Bertz CT molecular complexity index is 925. The van der Waals surface area contributed by atoms with Gasteiger partial charge in [-0.2, -0.15) is 5.10 Å². The largest absolute Gasteiger partial charge is 0.344 e. The average Bonchev–Trinajstić information content (AvgIpc) is 3.03. The predicted molar refractivity (Wildman–Crippen MR) is 119 cm³/mol. The number of rotatable bonds is 7. The number of aryl methyl sites for hydroxylation is 3. The van der Waals surface area contributed by atoms with Gasteiger partial charge < -0.3 is 10.6 Å². The molecule has 8 nitrogen and oxygen atoms in total. The lowest BCUT2D eigenvalue weighted by molar-refractivity contribution is -0.127. The number of amides is 3. The van der Waals surface area contributed by atoms with Gasteiger partial charge in [0.25, 0.3) is 5.91 Å². The van der Waals surface area contributed by atoms with Crippen molar-refractivity contribution >= 4 is 41.0 Å². The van der Waals surface area contributed by atoms with E-state index in [-0.39, 0.29) is 29.2 Å². The summed E-state index contributed by atoms with van der Waals surface area (Å²) in [5.74, 6) is 0.488. The van der Waals surface area contributed by atoms with Gasteiger partial charge in [-0.15, -0.1) is 11.8 Å². The molecule has 1 aromatic heterocycles. The first-order valence-corrected chi connectivity index (χ1v) is 11.0. The molecule has 9 heteroatoms. The van der Waals surface area contributed by atoms with Crippen LogP contribution >= 0.6 is 11.8 Å². The van der Waals surface area contributed by atoms with Crippen molar-refractivity contribution < 1.29 is 14.4 Å². The number of hydrogen-bond acceptors (Lipinski definition) is 5. The topological polar surface area (TPSA) is 96.3 Å². The van der Waals surface area contributed by atoms with E-state index >= 15 is 0 Å². The lowest BCUT2D eigenvalue weighted by atomic mass is 10.0. The second-order valence-corrected chi connectivity index (χ2v) is 8.41. The van der Waals surface area contributed by atoms with Gasteiger partial charge in [-0.05, 0) is 38.8 Å². The molecule has 2 N–H and O–H groups in total. The van der Waals surface area contributed by atoms with E-state index in [0.29, 0.717) is 13.0 Å². The van der Waals surface area contributed by atoms with E-state index in [4.69, 9.17) is 0 Å². The summed E-state index contributed by atoms with van der Waals surface area (Å²) in [6, 6.07) is 8.85. The zero-order chi connectivity index (χ0) is 21.7. The van der Waals surface area contributed by atoms with E-state index < -0.39 is 6.04 Å². The second kappa shape index (κ2) is 9.80. The van der Waals surface area contributed by atoms with E-state index in [1.54, 1.807) is 16.6 Å². The van der Waals surface area contributed by atoms with Crippen LogP contribution < -0.4 is 15.5 Å². The van der Waals surface area contributed by atoms with Crippen molar-refractivity contribution in [2.45, 2.75) is 32.7 Å². The second-order valence-electron chi connectivity index (χ2n) is 7.43. The molecule has 1 saturated heterocycles. The fraction of sp³-hybridized carbons (Fsp3) is 0.429. The van der Waals surface area contributed by atoms with Gasteiger partial charge in [0.1, 0.15) is 11.9 Å². The maximum absolute atomic E-state index is 12.8. The van der Waals surface area contributed by atoms with E-state index in [9.17, 15) is 14.4 Å². The molecule has 30 heavy (non-hydrogen) atoms. The predicted octanol–water partition coefficient (Wildman–Crippen LogP) is 2.02. The highest BCUT2D eigenvalue weighted by molar-refractivity contribution is 8.00. The Labute approximate surface area is 180 Å². The molecule has 1 aliphatic rings. The first kappa shape index (κ1) is 21.9. The van der Waals surface area contributed by atoms with Crippen molar-refractivity contribution in [3.63, 3.8) is 0 Å². The minimum atomic E-state index is -0.552. The van der Waals surface area contributed by atoms with Crippen LogP contribution in [0.25, 0.3) is 0 Å². The quantitative estimate of drug-likeness (QED) is 0.702. The summed E-state index contributed by atoms with van der Waals surface area (Å²) in [7, 11) is 1.80. The van der Waals surface area contributed by atoms with Crippen molar-refractivity contribution in [3.05, 3.63) is 41.6 Å². The third-order valence-electron chi connectivity index (χ3n) is 4.83. The SMILES string of the molecule is Cc1ccc(NC(=O)CSCC(=O)N[C@H]2CCCN(c3cc(C)nn3C)C2=O)cc1. The van der Waals surface area contributed by atoms with Gasteiger partial charge in [0.2, 0.25) is 11.8 Å². The van der Waals surface area contributed by atoms with Crippen molar-refractivity contribution in [1.29, 1.82) is 0 Å². The number of nitrogens with zero attached hydrogens (tertiary/aromatic N) is 3. The van der Waals surface area contributed by atoms with Crippen LogP contribution in [0.3, 0.4) is 0 Å². The van der Waals surface area contributed by atoms with Gasteiger partial charge in [0.15, 0.2) is 0 Å². The van der Waals surface area contributed by atoms with Gasteiger partial charge in [-0.1, -0.05) is 17.7 Å². The number of thioether (sulfide) groups is 1. The first-order chi connectivity index (χ1) is 14.3. The number of carbonyl (C=O) groups is 3. The minimum absolute atomic E-state index is 0.121. The van der Waals surface area contributed by atoms with Crippen molar-refractivity contribution in [2.24, 2.45) is 7.05 Å². The summed E-state index contributed by atoms with van der Waals surface area (Å²) in [6.45, 7) is 4.47. The average molecular weight is 430 g/mol. The molecule has 0 aliphatic carbocycles. The molecule has 0 unspecified atom stereocenters. The van der Waals surface area contributed by atoms with E-state index in [0.717, 1.165) is 29.2 Å². The maximum Gasteiger partial charge on any atom is 0.250 e. The molecule has 0 bridgehead atoms. The molecule has 0 saturated carbocycles. The number of anilines is 2. The molecule has 2 aromatic rings. The van der Waals surface area contributed by atoms with Gasteiger partial charge in [-0.3, -0.25) is 24.0 Å². The minimum Gasteiger partial charge on any atom is -0.344 e. The molecule has 1 aliphatic heterocycles. The molecular weight excluding hydrogens is 402 g/mol. The summed E-state index contributed by atoms with van der Waals surface area (Å²) in [4.78, 5) is 38.8. The van der Waals surface area contributed by atoms with Crippen molar-refractivity contribution in [2.75, 3.05) is 28.3 Å². The Morgan fingerprint density at radius 2 is 1.87 bits per heavy atom. The molecule has 3 rings (SSSR count). The van der Waals surface area contributed by atoms with Crippen LogP contribution in [0.1, 0.15) is 24.1 Å². The number of aromatic nitrogens is 2. The van der Waals surface area contributed by atoms with Crippen LogP contribution in [0.5, 0.6) is 0 Å². The van der Waals surface area contributed by atoms with Gasteiger partial charge >= 0.3 is 0 Å². The van der Waals surface area contributed by atoms with Crippen molar-refractivity contribution in [1.82, 2.24) is 15.1 Å². The summed E-state index contributed by atoms with van der Waals surface area (Å²) < 4.78 is 1.68. The van der Waals surface area contributed by atoms with Crippen LogP contribution in [-0.2, 0) is 21.4 Å². The fourth-order valence-corrected chi connectivity index (χ4v) is 4.02. The number of nitrogens with one attached hydrogen (secondary N) is 2. The summed E-state index contributed by atoms with van der Waals surface area (Å²) in [5.41, 5.74) is 2.69. The fourth-order valence-electron chi connectivity index (χ4n) is 3.39. The number of carbonyl (C=O) groups excluding carboxylic acids is 3. The summed E-state index contributed by atoms with van der Waals surface area (Å²) in [5, 5.41) is 9.91. The third-order valence-corrected chi connectivity index (χ3v) is 5.76. The highest BCUT2D eigenvalue weighted by Gasteiger charge is 2.32. The lowest BCUT2D eigenvalue weighted by Crippen LogP contribution is -2.53. The molecule has 1 aromatic carbocycles. The van der Waals surface area contributed by atoms with Gasteiger partial charge in [0, 0.05) is 25.3 Å². The zero-order valence-corrected chi connectivity index (χ0v) is 18.3. The third kappa shape index (κ3) is 5.63. The monoisotopic (exact) mass is 429 g/mol. The summed E-state index contributed by atoms with van der Waals surface area (Å²) >= 11 is 1.22. The van der Waals surface area contributed by atoms with E-state index in [1.807, 2.05) is 44.2 Å². The van der Waals surface area contributed by atoms with Gasteiger partial charge in [0.05, 0.1) is 17.2 Å². The standard InChI is InChI=1S/C21H27N5O3S/c1-14-6-8-16(9-7-14)22-18(27)12-30-13-19(28)23-17-5-4-10-26(21(17)29)20-11-15(2)24-25(20)3/h6-9,11,17H,4-5,10,12-13H2,1-3H3,(H,22,27)(H,23,28)/t17-/m0/s1. The molecular formula is C21H27N5O3S. The maximum atomic E-state index is 12.8. The van der Waals surface area contributed by atoms with Crippen molar-refractivity contribution in [3.8, 4) is 0 Å². The van der Waals surface area contributed by atoms with E-state index in [1.165, 1.54) is 11.8 Å². The number of hydrogen-bond donors (Lipinski definition) is 2. The molecule has 0 radical (unpaired) electrons. The molecule has 1 fully saturated rings. The molecule has 0 spiro atoms. The van der Waals surface area contributed by atoms with Crippen LogP contribution in [-0.4, -0.2) is 51.6 Å². The van der Waals surface area contributed by atoms with E-state index in [2.05, 4.69) is 15.7 Å². The number of benzene rings is 1. The Hall–Kier alpha value is -2.81. The number of piperidine rings is 1. The Morgan fingerprint density at radius 1 is 1.17 bits per heavy atom. The highest BCUT2D eigenvalue weighted by Crippen LogP contribution is 2.21. The van der Waals surface area contributed by atoms with Crippen LogP contribution in [0.15, 0.2) is 30.3 Å². The Balaban J connectivity index is 1.45. The normalized spacial score (nSPS) is 16.4. The summed E-state index contributed by atoms with van der Waals surface area (Å²) in [6.07, 6.45) is 1.41. The molecule has 160 valence electrons. The van der Waals surface area contributed by atoms with Crippen LogP contribution in [0.4, 0.5) is 11.5 Å².